The van der Waals surface area contributed by atoms with E-state index in [1.54, 1.807) is 19.1 Å². The maximum absolute atomic E-state index is 11.1. The van der Waals surface area contributed by atoms with Crippen LogP contribution in [-0.4, -0.2) is 31.6 Å². The van der Waals surface area contributed by atoms with Gasteiger partial charge in [0.05, 0.1) is 10.9 Å². The third-order valence-electron chi connectivity index (χ3n) is 1.45. The fourth-order valence-corrected chi connectivity index (χ4v) is 1.98. The number of amides is 1. The third kappa shape index (κ3) is 5.13. The molecule has 15 heavy (non-hydrogen) atoms. The summed E-state index contributed by atoms with van der Waals surface area (Å²) in [5.41, 5.74) is 2.58. The van der Waals surface area contributed by atoms with Crippen molar-refractivity contribution in [3.8, 4) is 0 Å². The van der Waals surface area contributed by atoms with Gasteiger partial charge in [0.2, 0.25) is 0 Å². The Balaban J connectivity index is 2.19. The molecule has 0 fully saturated rings. The number of carbonyl (C=O) groups is 1. The van der Waals surface area contributed by atoms with Crippen LogP contribution < -0.4 is 5.43 Å². The van der Waals surface area contributed by atoms with Crippen LogP contribution in [0, 0.1) is 0 Å². The minimum atomic E-state index is -0.164. The molecule has 0 aliphatic heterocycles. The van der Waals surface area contributed by atoms with Gasteiger partial charge in [0.1, 0.15) is 6.61 Å². The summed E-state index contributed by atoms with van der Waals surface area (Å²) in [4.78, 5) is 12.2. The number of thiophene rings is 1. The predicted octanol–water partition coefficient (Wildman–Crippen LogP) is 1.51. The molecule has 0 aliphatic rings. The molecule has 0 radical (unpaired) electrons. The first-order chi connectivity index (χ1) is 7.08. The monoisotopic (exact) mass is 248 g/mol. The Labute approximate surface area is 97.8 Å². The van der Waals surface area contributed by atoms with Gasteiger partial charge in [-0.05, 0) is 12.1 Å². The number of halogens is 1. The summed E-state index contributed by atoms with van der Waals surface area (Å²) in [6.45, 7) is 0.464. The van der Waals surface area contributed by atoms with Gasteiger partial charge in [-0.3, -0.25) is 10.2 Å². The predicted molar refractivity (Wildman–Crippen MR) is 60.8 cm³/mol. The average molecular weight is 249 g/mol. The summed E-state index contributed by atoms with van der Waals surface area (Å²) in [5, 5.41) is 1.58. The summed E-state index contributed by atoms with van der Waals surface area (Å²) in [6, 6.07) is 3.70. The summed E-state index contributed by atoms with van der Waals surface area (Å²) in [7, 11) is 3.49. The highest BCUT2D eigenvalue weighted by Crippen LogP contribution is 2.21. The smallest absolute Gasteiger partial charge is 0.260 e. The number of hydrogen-bond donors (Lipinski definition) is 1. The molecule has 1 aromatic rings. The number of carbonyl (C=O) groups excluding carboxylic acids is 1. The minimum Gasteiger partial charge on any atom is -0.366 e. The van der Waals surface area contributed by atoms with E-state index in [1.165, 1.54) is 11.3 Å². The number of hydrogen-bond acceptors (Lipinski definition) is 4. The Kier molecular flexibility index (Phi) is 5.04. The summed E-state index contributed by atoms with van der Waals surface area (Å²) in [6.07, 6.45) is 0. The van der Waals surface area contributed by atoms with E-state index in [0.717, 1.165) is 9.21 Å². The lowest BCUT2D eigenvalue weighted by Gasteiger charge is -2.11. The van der Waals surface area contributed by atoms with Crippen molar-refractivity contribution in [2.24, 2.45) is 0 Å². The molecule has 0 aliphatic carbocycles. The highest BCUT2D eigenvalue weighted by molar-refractivity contribution is 7.16. The van der Waals surface area contributed by atoms with E-state index in [9.17, 15) is 4.79 Å². The maximum Gasteiger partial charge on any atom is 0.260 e. The van der Waals surface area contributed by atoms with Gasteiger partial charge in [0, 0.05) is 19.0 Å². The molecule has 0 saturated carbocycles. The molecular weight excluding hydrogens is 236 g/mol. The Morgan fingerprint density at radius 1 is 1.60 bits per heavy atom. The van der Waals surface area contributed by atoms with E-state index in [0.29, 0.717) is 6.61 Å². The zero-order valence-corrected chi connectivity index (χ0v) is 10.2. The lowest BCUT2D eigenvalue weighted by molar-refractivity contribution is -0.129. The Morgan fingerprint density at radius 3 is 2.87 bits per heavy atom. The van der Waals surface area contributed by atoms with E-state index >= 15 is 0 Å². The number of nitrogens with zero attached hydrogens (tertiary/aromatic N) is 1. The first-order valence-electron chi connectivity index (χ1n) is 4.36. The van der Waals surface area contributed by atoms with Crippen molar-refractivity contribution in [1.82, 2.24) is 10.4 Å². The summed E-state index contributed by atoms with van der Waals surface area (Å²) < 4.78 is 5.94. The van der Waals surface area contributed by atoms with Gasteiger partial charge in [0.15, 0.2) is 0 Å². The van der Waals surface area contributed by atoms with Gasteiger partial charge in [-0.1, -0.05) is 11.6 Å². The standard InChI is InChI=1S/C9H13ClN2O2S/c1-12(2)11-9(13)6-14-5-7-3-4-8(10)15-7/h3-4H,5-6H2,1-2H3,(H,11,13). The second kappa shape index (κ2) is 6.07. The van der Waals surface area contributed by atoms with Crippen LogP contribution in [0.4, 0.5) is 0 Å². The van der Waals surface area contributed by atoms with Gasteiger partial charge < -0.3 is 4.74 Å². The molecule has 0 bridgehead atoms. The highest BCUT2D eigenvalue weighted by atomic mass is 35.5. The number of rotatable bonds is 5. The van der Waals surface area contributed by atoms with E-state index in [1.807, 2.05) is 12.1 Å². The van der Waals surface area contributed by atoms with E-state index in [4.69, 9.17) is 16.3 Å². The summed E-state index contributed by atoms with van der Waals surface area (Å²) in [5.74, 6) is -0.164. The summed E-state index contributed by atoms with van der Waals surface area (Å²) >= 11 is 7.20. The van der Waals surface area contributed by atoms with Crippen molar-refractivity contribution in [1.29, 1.82) is 0 Å². The van der Waals surface area contributed by atoms with E-state index in [-0.39, 0.29) is 12.5 Å². The average Bonchev–Trinajstić information content (AvgIpc) is 2.50. The van der Waals surface area contributed by atoms with Crippen LogP contribution in [0.3, 0.4) is 0 Å². The van der Waals surface area contributed by atoms with Gasteiger partial charge >= 0.3 is 0 Å². The van der Waals surface area contributed by atoms with Crippen LogP contribution in [0.2, 0.25) is 4.34 Å². The molecule has 6 heteroatoms. The van der Waals surface area contributed by atoms with Gasteiger partial charge in [-0.25, -0.2) is 5.01 Å². The fraction of sp³-hybridized carbons (Fsp3) is 0.444. The van der Waals surface area contributed by atoms with Crippen molar-refractivity contribution >= 4 is 28.8 Å². The number of nitrogens with one attached hydrogen (secondary N) is 1. The molecule has 84 valence electrons. The van der Waals surface area contributed by atoms with Crippen LogP contribution >= 0.6 is 22.9 Å². The molecule has 0 aromatic carbocycles. The van der Waals surface area contributed by atoms with Crippen molar-refractivity contribution in [3.63, 3.8) is 0 Å². The Bertz CT molecular complexity index is 328. The molecular formula is C9H13ClN2O2S. The first-order valence-corrected chi connectivity index (χ1v) is 5.56. The third-order valence-corrected chi connectivity index (χ3v) is 2.66. The molecule has 4 nitrogen and oxygen atoms in total. The van der Waals surface area contributed by atoms with Crippen molar-refractivity contribution in [2.75, 3.05) is 20.7 Å². The minimum absolute atomic E-state index is 0.0493. The van der Waals surface area contributed by atoms with Crippen LogP contribution in [0.15, 0.2) is 12.1 Å². The van der Waals surface area contributed by atoms with Gasteiger partial charge in [-0.15, -0.1) is 11.3 Å². The van der Waals surface area contributed by atoms with Crippen LogP contribution in [0.25, 0.3) is 0 Å². The molecule has 0 atom stereocenters. The number of hydrazine groups is 1. The van der Waals surface area contributed by atoms with Crippen molar-refractivity contribution < 1.29 is 9.53 Å². The molecule has 1 amide bonds. The SMILES string of the molecule is CN(C)NC(=O)COCc1ccc(Cl)s1. The van der Waals surface area contributed by atoms with Gasteiger partial charge in [-0.2, -0.15) is 0 Å². The molecule has 0 spiro atoms. The highest BCUT2D eigenvalue weighted by Gasteiger charge is 2.03. The molecule has 0 unspecified atom stereocenters. The quantitative estimate of drug-likeness (QED) is 0.804. The lowest BCUT2D eigenvalue weighted by Crippen LogP contribution is -2.38. The maximum atomic E-state index is 11.1. The zero-order chi connectivity index (χ0) is 11.3. The Hall–Kier alpha value is -0.620. The molecule has 1 heterocycles. The molecule has 0 saturated heterocycles. The van der Waals surface area contributed by atoms with Crippen molar-refractivity contribution in [2.45, 2.75) is 6.61 Å². The molecule has 1 aromatic heterocycles. The van der Waals surface area contributed by atoms with E-state index < -0.39 is 0 Å². The number of ether oxygens (including phenoxy) is 1. The van der Waals surface area contributed by atoms with E-state index in [2.05, 4.69) is 5.43 Å². The lowest BCUT2D eigenvalue weighted by atomic mass is 10.5. The normalized spacial score (nSPS) is 10.7. The fourth-order valence-electron chi connectivity index (χ4n) is 0.955. The van der Waals surface area contributed by atoms with Crippen LogP contribution in [-0.2, 0) is 16.1 Å². The first kappa shape index (κ1) is 12.4. The Morgan fingerprint density at radius 2 is 2.33 bits per heavy atom. The second-order valence-electron chi connectivity index (χ2n) is 3.13. The van der Waals surface area contributed by atoms with Gasteiger partial charge in [0.25, 0.3) is 5.91 Å². The largest absolute Gasteiger partial charge is 0.366 e. The second-order valence-corrected chi connectivity index (χ2v) is 4.93. The molecule has 1 rings (SSSR count). The topological polar surface area (TPSA) is 41.6 Å². The molecule has 1 N–H and O–H groups in total. The van der Waals surface area contributed by atoms with Crippen LogP contribution in [0.1, 0.15) is 4.88 Å². The van der Waals surface area contributed by atoms with Crippen molar-refractivity contribution in [3.05, 3.63) is 21.3 Å². The van der Waals surface area contributed by atoms with Crippen LogP contribution in [0.5, 0.6) is 0 Å². The zero-order valence-electron chi connectivity index (χ0n) is 8.62.